The molecule has 0 spiro atoms. The largest absolute Gasteiger partial charge is 0.481 e. The lowest BCUT2D eigenvalue weighted by Crippen LogP contribution is -2.46. The number of urea groups is 1. The molecule has 0 unspecified atom stereocenters. The molecule has 30 heavy (non-hydrogen) atoms. The number of carbonyl (C=O) groups is 1. The van der Waals surface area contributed by atoms with Crippen molar-refractivity contribution in [3.63, 3.8) is 0 Å². The molecule has 1 aromatic carbocycles. The van der Waals surface area contributed by atoms with Gasteiger partial charge in [-0.2, -0.15) is 0 Å². The zero-order chi connectivity index (χ0) is 20.4. The number of pyridine rings is 1. The molecule has 1 aliphatic rings. The van der Waals surface area contributed by atoms with Gasteiger partial charge in [0.2, 0.25) is 5.88 Å². The van der Waals surface area contributed by atoms with E-state index in [0.717, 1.165) is 36.2 Å². The first-order chi connectivity index (χ1) is 14.0. The van der Waals surface area contributed by atoms with Crippen molar-refractivity contribution < 1.29 is 9.53 Å². The summed E-state index contributed by atoms with van der Waals surface area (Å²) in [6.07, 6.45) is 3.26. The molecule has 0 radical (unpaired) electrons. The summed E-state index contributed by atoms with van der Waals surface area (Å²) in [6, 6.07) is 9.68. The number of fused-ring (bicyclic) bond motifs is 1. The summed E-state index contributed by atoms with van der Waals surface area (Å²) in [5.74, 6) is 1.45. The quantitative estimate of drug-likeness (QED) is 0.587. The minimum absolute atomic E-state index is 0. The number of imidazole rings is 1. The highest BCUT2D eigenvalue weighted by molar-refractivity contribution is 5.89. The van der Waals surface area contributed by atoms with Gasteiger partial charge in [0.25, 0.3) is 0 Å². The summed E-state index contributed by atoms with van der Waals surface area (Å²) >= 11 is 0. The van der Waals surface area contributed by atoms with Crippen molar-refractivity contribution in [3.8, 4) is 5.88 Å². The summed E-state index contributed by atoms with van der Waals surface area (Å²) in [4.78, 5) is 27.1. The Morgan fingerprint density at radius 3 is 2.87 bits per heavy atom. The van der Waals surface area contributed by atoms with Gasteiger partial charge in [-0.3, -0.25) is 4.90 Å². The monoisotopic (exact) mass is 430 g/mol. The van der Waals surface area contributed by atoms with Crippen LogP contribution in [0.3, 0.4) is 0 Å². The molecule has 9 heteroatoms. The Bertz CT molecular complexity index is 1010. The number of methoxy groups -OCH3 is 1. The molecule has 2 aromatic heterocycles. The molecule has 0 bridgehead atoms. The molecule has 3 heterocycles. The predicted molar refractivity (Wildman–Crippen MR) is 119 cm³/mol. The van der Waals surface area contributed by atoms with Crippen LogP contribution in [0.2, 0.25) is 0 Å². The van der Waals surface area contributed by atoms with Crippen molar-refractivity contribution >= 4 is 35.2 Å². The van der Waals surface area contributed by atoms with E-state index < -0.39 is 0 Å². The first kappa shape index (κ1) is 21.9. The van der Waals surface area contributed by atoms with Crippen molar-refractivity contribution in [2.45, 2.75) is 31.8 Å². The van der Waals surface area contributed by atoms with E-state index in [2.05, 4.69) is 57.7 Å². The number of rotatable bonds is 4. The van der Waals surface area contributed by atoms with Crippen molar-refractivity contribution in [2.75, 3.05) is 26.0 Å². The number of nitrogens with one attached hydrogen (secondary N) is 3. The van der Waals surface area contributed by atoms with E-state index in [1.54, 1.807) is 25.4 Å². The summed E-state index contributed by atoms with van der Waals surface area (Å²) in [5.41, 5.74) is 3.84. The number of carbonyl (C=O) groups excluding carboxylic acids is 1. The number of ether oxygens (including phenoxy) is 1. The van der Waals surface area contributed by atoms with Gasteiger partial charge in [0.05, 0.1) is 36.1 Å². The fourth-order valence-electron chi connectivity index (χ4n) is 3.76. The lowest BCUT2D eigenvalue weighted by atomic mass is 9.97. The van der Waals surface area contributed by atoms with Gasteiger partial charge in [-0.1, -0.05) is 6.07 Å². The standard InChI is InChI=1S/C21H26N6O2.ClH/c1-13-4-6-16-17(10-13)26-20(25-16)18-11-14(8-9-27(18)2)23-21(28)24-15-5-7-19(29-3)22-12-15;/h4-7,10,12,14,18H,8-9,11H2,1-3H3,(H,25,26)(H2,23,24,28);1H/t14-,18-;/m1./s1. The van der Waals surface area contributed by atoms with Crippen LogP contribution in [0.25, 0.3) is 11.0 Å². The Labute approximate surface area is 181 Å². The highest BCUT2D eigenvalue weighted by Crippen LogP contribution is 2.29. The lowest BCUT2D eigenvalue weighted by molar-refractivity contribution is 0.153. The molecule has 1 fully saturated rings. The molecule has 3 aromatic rings. The van der Waals surface area contributed by atoms with Gasteiger partial charge in [0.1, 0.15) is 5.82 Å². The molecule has 0 saturated carbocycles. The molecule has 2 atom stereocenters. The highest BCUT2D eigenvalue weighted by Gasteiger charge is 2.30. The number of aromatic nitrogens is 3. The number of nitrogens with zero attached hydrogens (tertiary/aromatic N) is 3. The summed E-state index contributed by atoms with van der Waals surface area (Å²) in [6.45, 7) is 2.95. The summed E-state index contributed by atoms with van der Waals surface area (Å²) in [7, 11) is 3.66. The molecule has 1 aliphatic heterocycles. The maximum atomic E-state index is 12.4. The number of aromatic amines is 1. The van der Waals surface area contributed by atoms with Crippen LogP contribution in [0.4, 0.5) is 10.5 Å². The topological polar surface area (TPSA) is 95.2 Å². The number of piperidine rings is 1. The van der Waals surface area contributed by atoms with Crippen LogP contribution in [-0.4, -0.2) is 52.6 Å². The van der Waals surface area contributed by atoms with Crippen LogP contribution < -0.4 is 15.4 Å². The predicted octanol–water partition coefficient (Wildman–Crippen LogP) is 3.65. The van der Waals surface area contributed by atoms with Crippen LogP contribution in [-0.2, 0) is 0 Å². The van der Waals surface area contributed by atoms with Crippen molar-refractivity contribution in [1.82, 2.24) is 25.2 Å². The van der Waals surface area contributed by atoms with Gasteiger partial charge in [0, 0.05) is 18.7 Å². The Morgan fingerprint density at radius 2 is 2.13 bits per heavy atom. The molecule has 4 rings (SSSR count). The van der Waals surface area contributed by atoms with E-state index in [1.165, 1.54) is 5.56 Å². The zero-order valence-electron chi connectivity index (χ0n) is 17.3. The van der Waals surface area contributed by atoms with Gasteiger partial charge in [-0.05, 0) is 50.6 Å². The van der Waals surface area contributed by atoms with Crippen LogP contribution in [0.15, 0.2) is 36.5 Å². The Kier molecular flexibility index (Phi) is 6.79. The minimum atomic E-state index is -0.231. The SMILES string of the molecule is COc1ccc(NC(=O)N[C@@H]2CCN(C)[C@@H](c3nc4cc(C)ccc4[nH]3)C2)cn1.Cl. The lowest BCUT2D eigenvalue weighted by Gasteiger charge is -2.36. The number of halogens is 1. The van der Waals surface area contributed by atoms with Gasteiger partial charge in [-0.15, -0.1) is 12.4 Å². The maximum Gasteiger partial charge on any atom is 0.319 e. The number of benzene rings is 1. The summed E-state index contributed by atoms with van der Waals surface area (Å²) < 4.78 is 5.03. The van der Waals surface area contributed by atoms with Crippen LogP contribution >= 0.6 is 12.4 Å². The third-order valence-electron chi connectivity index (χ3n) is 5.38. The van der Waals surface area contributed by atoms with Crippen molar-refractivity contribution in [1.29, 1.82) is 0 Å². The number of hydrogen-bond donors (Lipinski definition) is 3. The molecular formula is C21H27ClN6O2. The second-order valence-corrected chi connectivity index (χ2v) is 7.55. The van der Waals surface area contributed by atoms with E-state index in [0.29, 0.717) is 11.6 Å². The fourth-order valence-corrected chi connectivity index (χ4v) is 3.76. The second kappa shape index (κ2) is 9.32. The first-order valence-corrected chi connectivity index (χ1v) is 9.76. The Balaban J connectivity index is 0.00000256. The molecular weight excluding hydrogens is 404 g/mol. The van der Waals surface area contributed by atoms with Crippen LogP contribution in [0, 0.1) is 6.92 Å². The number of likely N-dealkylation sites (tertiary alicyclic amines) is 1. The zero-order valence-corrected chi connectivity index (χ0v) is 18.1. The number of amides is 2. The molecule has 8 nitrogen and oxygen atoms in total. The van der Waals surface area contributed by atoms with Gasteiger partial charge >= 0.3 is 6.03 Å². The maximum absolute atomic E-state index is 12.4. The molecule has 0 aliphatic carbocycles. The fraction of sp³-hybridized carbons (Fsp3) is 0.381. The Hall–Kier alpha value is -2.84. The van der Waals surface area contributed by atoms with Crippen LogP contribution in [0.5, 0.6) is 5.88 Å². The number of H-pyrrole nitrogens is 1. The Morgan fingerprint density at radius 1 is 1.30 bits per heavy atom. The van der Waals surface area contributed by atoms with Crippen LogP contribution in [0.1, 0.15) is 30.3 Å². The number of hydrogen-bond acceptors (Lipinski definition) is 5. The van der Waals surface area contributed by atoms with E-state index in [9.17, 15) is 4.79 Å². The van der Waals surface area contributed by atoms with E-state index >= 15 is 0 Å². The summed E-state index contributed by atoms with van der Waals surface area (Å²) in [5, 5.41) is 5.91. The minimum Gasteiger partial charge on any atom is -0.481 e. The van der Waals surface area contributed by atoms with E-state index in [-0.39, 0.29) is 30.5 Å². The van der Waals surface area contributed by atoms with Gasteiger partial charge < -0.3 is 20.4 Å². The average Bonchev–Trinajstić information content (AvgIpc) is 3.13. The average molecular weight is 431 g/mol. The van der Waals surface area contributed by atoms with E-state index in [4.69, 9.17) is 9.72 Å². The van der Waals surface area contributed by atoms with Crippen molar-refractivity contribution in [3.05, 3.63) is 47.9 Å². The number of aryl methyl sites for hydroxylation is 1. The van der Waals surface area contributed by atoms with Gasteiger partial charge in [-0.25, -0.2) is 14.8 Å². The molecule has 2 amide bonds. The van der Waals surface area contributed by atoms with E-state index in [1.807, 2.05) is 0 Å². The highest BCUT2D eigenvalue weighted by atomic mass is 35.5. The second-order valence-electron chi connectivity index (χ2n) is 7.55. The first-order valence-electron chi connectivity index (χ1n) is 9.76. The third kappa shape index (κ3) is 4.83. The number of anilines is 1. The smallest absolute Gasteiger partial charge is 0.319 e. The molecule has 1 saturated heterocycles. The molecule has 3 N–H and O–H groups in total. The third-order valence-corrected chi connectivity index (χ3v) is 5.38. The van der Waals surface area contributed by atoms with Gasteiger partial charge in [0.15, 0.2) is 0 Å². The molecule has 160 valence electrons. The normalized spacial score (nSPS) is 19.2. The van der Waals surface area contributed by atoms with Crippen molar-refractivity contribution in [2.24, 2.45) is 0 Å².